The number of nitrogens with one attached hydrogen (secondary N) is 1. The number of ether oxygens (including phenoxy) is 2. The van der Waals surface area contributed by atoms with Gasteiger partial charge in [-0.3, -0.25) is 4.79 Å². The van der Waals surface area contributed by atoms with Crippen LogP contribution in [0, 0.1) is 0 Å². The highest BCUT2D eigenvalue weighted by molar-refractivity contribution is 5.94. The number of hydrogen-bond acceptors (Lipinski definition) is 6. The van der Waals surface area contributed by atoms with Crippen molar-refractivity contribution in [2.45, 2.75) is 38.6 Å². The molecule has 0 saturated carbocycles. The number of benzene rings is 1. The van der Waals surface area contributed by atoms with Gasteiger partial charge in [-0.1, -0.05) is 26.8 Å². The maximum atomic E-state index is 11.8. The van der Waals surface area contributed by atoms with Crippen molar-refractivity contribution in [3.63, 3.8) is 0 Å². The minimum atomic E-state index is -0.551. The van der Waals surface area contributed by atoms with E-state index in [4.69, 9.17) is 15.2 Å². The van der Waals surface area contributed by atoms with Crippen molar-refractivity contribution < 1.29 is 14.3 Å². The topological polar surface area (TPSA) is 99.4 Å². The summed E-state index contributed by atoms with van der Waals surface area (Å²) in [5.74, 6) is 1.23. The Bertz CT molecular complexity index is 774. The summed E-state index contributed by atoms with van der Waals surface area (Å²) in [4.78, 5) is 20.1. The number of anilines is 1. The first-order valence-electron chi connectivity index (χ1n) is 8.23. The van der Waals surface area contributed by atoms with Gasteiger partial charge < -0.3 is 20.5 Å². The quantitative estimate of drug-likeness (QED) is 0.866. The molecule has 2 aromatic rings. The molecule has 3 rings (SSSR count). The van der Waals surface area contributed by atoms with Gasteiger partial charge in [0.15, 0.2) is 0 Å². The molecule has 0 radical (unpaired) electrons. The number of nitrogens with two attached hydrogens (primary N) is 1. The van der Waals surface area contributed by atoms with Gasteiger partial charge in [0.05, 0.1) is 30.7 Å². The molecule has 2 heterocycles. The number of aromatic nitrogens is 2. The van der Waals surface area contributed by atoms with Crippen molar-refractivity contribution in [3.8, 4) is 17.5 Å². The summed E-state index contributed by atoms with van der Waals surface area (Å²) in [6.45, 7) is 6.65. The number of carbonyl (C=O) groups is 1. The maximum Gasteiger partial charge on any atom is 0.322 e. The molecule has 132 valence electrons. The second-order valence-electron chi connectivity index (χ2n) is 6.66. The van der Waals surface area contributed by atoms with E-state index in [2.05, 4.69) is 29.1 Å². The van der Waals surface area contributed by atoms with E-state index in [-0.39, 0.29) is 17.3 Å². The highest BCUT2D eigenvalue weighted by atomic mass is 16.5. The van der Waals surface area contributed by atoms with Crippen LogP contribution in [0.15, 0.2) is 30.6 Å². The van der Waals surface area contributed by atoms with E-state index >= 15 is 0 Å². The number of rotatable bonds is 5. The summed E-state index contributed by atoms with van der Waals surface area (Å²) < 4.78 is 11.6. The Balaban J connectivity index is 1.75. The molecule has 0 aliphatic carbocycles. The molecule has 1 amide bonds. The van der Waals surface area contributed by atoms with Gasteiger partial charge in [0, 0.05) is 11.0 Å². The summed E-state index contributed by atoms with van der Waals surface area (Å²) in [5.41, 5.74) is 7.02. The largest absolute Gasteiger partial charge is 0.492 e. The summed E-state index contributed by atoms with van der Waals surface area (Å²) in [6, 6.07) is 5.32. The molecule has 1 aromatic heterocycles. The normalized spacial score (nSPS) is 15.8. The summed E-state index contributed by atoms with van der Waals surface area (Å²) in [6.07, 6.45) is 3.55. The minimum Gasteiger partial charge on any atom is -0.492 e. The van der Waals surface area contributed by atoms with E-state index in [1.54, 1.807) is 0 Å². The van der Waals surface area contributed by atoms with Gasteiger partial charge in [0.2, 0.25) is 5.91 Å². The Morgan fingerprint density at radius 3 is 2.80 bits per heavy atom. The lowest BCUT2D eigenvalue weighted by Crippen LogP contribution is -2.34. The van der Waals surface area contributed by atoms with Crippen molar-refractivity contribution in [1.29, 1.82) is 0 Å². The van der Waals surface area contributed by atoms with E-state index in [0.717, 1.165) is 11.3 Å². The van der Waals surface area contributed by atoms with Crippen molar-refractivity contribution >= 4 is 11.6 Å². The van der Waals surface area contributed by atoms with Crippen LogP contribution in [0.5, 0.6) is 17.5 Å². The second kappa shape index (κ2) is 6.68. The zero-order valence-electron chi connectivity index (χ0n) is 14.6. The SMILES string of the molecule is CCC(N)C(=O)Nc1cnc(Oc2cccc3c2C(C)(C)CO3)nc1. The molecule has 7 heteroatoms. The molecule has 1 unspecified atom stereocenters. The highest BCUT2D eigenvalue weighted by Crippen LogP contribution is 2.44. The maximum absolute atomic E-state index is 11.8. The van der Waals surface area contributed by atoms with Crippen LogP contribution in [0.1, 0.15) is 32.8 Å². The molecule has 0 spiro atoms. The fourth-order valence-corrected chi connectivity index (χ4v) is 2.67. The number of amides is 1. The fourth-order valence-electron chi connectivity index (χ4n) is 2.67. The van der Waals surface area contributed by atoms with Crippen molar-refractivity contribution in [1.82, 2.24) is 9.97 Å². The Labute approximate surface area is 146 Å². The molecular formula is C18H22N4O3. The first kappa shape index (κ1) is 17.2. The first-order valence-corrected chi connectivity index (χ1v) is 8.23. The summed E-state index contributed by atoms with van der Waals surface area (Å²) >= 11 is 0. The summed E-state index contributed by atoms with van der Waals surface area (Å²) in [5, 5.41) is 2.67. The number of carbonyl (C=O) groups excluding carboxylic acids is 1. The molecule has 0 bridgehead atoms. The van der Waals surface area contributed by atoms with Crippen molar-refractivity contribution in [2.75, 3.05) is 11.9 Å². The van der Waals surface area contributed by atoms with Crippen LogP contribution in [0.25, 0.3) is 0 Å². The van der Waals surface area contributed by atoms with Crippen LogP contribution in [0.4, 0.5) is 5.69 Å². The monoisotopic (exact) mass is 342 g/mol. The smallest absolute Gasteiger partial charge is 0.322 e. The second-order valence-corrected chi connectivity index (χ2v) is 6.66. The van der Waals surface area contributed by atoms with Gasteiger partial charge in [0.1, 0.15) is 11.5 Å². The number of nitrogens with zero attached hydrogens (tertiary/aromatic N) is 2. The minimum absolute atomic E-state index is 0.143. The van der Waals surface area contributed by atoms with E-state index in [1.807, 2.05) is 25.1 Å². The molecule has 3 N–H and O–H groups in total. The van der Waals surface area contributed by atoms with Gasteiger partial charge in [0.25, 0.3) is 0 Å². The molecule has 0 fully saturated rings. The Morgan fingerprint density at radius 2 is 2.12 bits per heavy atom. The molecule has 0 saturated heterocycles. The molecule has 1 aliphatic rings. The molecule has 7 nitrogen and oxygen atoms in total. The molecular weight excluding hydrogens is 320 g/mol. The third kappa shape index (κ3) is 3.56. The third-order valence-electron chi connectivity index (χ3n) is 4.13. The lowest BCUT2D eigenvalue weighted by atomic mass is 9.86. The van der Waals surface area contributed by atoms with Gasteiger partial charge in [-0.25, -0.2) is 9.97 Å². The Morgan fingerprint density at radius 1 is 1.40 bits per heavy atom. The van der Waals surface area contributed by atoms with E-state index in [1.165, 1.54) is 12.4 Å². The third-order valence-corrected chi connectivity index (χ3v) is 4.13. The average molecular weight is 342 g/mol. The lowest BCUT2D eigenvalue weighted by Gasteiger charge is -2.18. The average Bonchev–Trinajstić information content (AvgIpc) is 2.92. The van der Waals surface area contributed by atoms with Crippen LogP contribution in [0.3, 0.4) is 0 Å². The highest BCUT2D eigenvalue weighted by Gasteiger charge is 2.35. The lowest BCUT2D eigenvalue weighted by molar-refractivity contribution is -0.117. The van der Waals surface area contributed by atoms with Crippen LogP contribution >= 0.6 is 0 Å². The van der Waals surface area contributed by atoms with E-state index in [0.29, 0.717) is 24.5 Å². The van der Waals surface area contributed by atoms with Gasteiger partial charge in [-0.2, -0.15) is 0 Å². The molecule has 1 aliphatic heterocycles. The standard InChI is InChI=1S/C18H22N4O3/c1-4-12(19)16(23)22-11-8-20-17(21-9-11)25-14-7-5-6-13-15(14)18(2,3)10-24-13/h5-9,12H,4,10,19H2,1-3H3,(H,22,23). The zero-order valence-corrected chi connectivity index (χ0v) is 14.6. The van der Waals surface area contributed by atoms with Crippen LogP contribution < -0.4 is 20.5 Å². The van der Waals surface area contributed by atoms with Gasteiger partial charge in [-0.05, 0) is 18.6 Å². The molecule has 1 atom stereocenters. The summed E-state index contributed by atoms with van der Waals surface area (Å²) in [7, 11) is 0. The van der Waals surface area contributed by atoms with E-state index < -0.39 is 6.04 Å². The Kier molecular flexibility index (Phi) is 4.59. The van der Waals surface area contributed by atoms with Crippen LogP contribution in [-0.2, 0) is 10.2 Å². The number of hydrogen-bond donors (Lipinski definition) is 2. The predicted molar refractivity (Wildman–Crippen MR) is 94.0 cm³/mol. The van der Waals surface area contributed by atoms with Crippen LogP contribution in [0.2, 0.25) is 0 Å². The molecule has 1 aromatic carbocycles. The first-order chi connectivity index (χ1) is 11.9. The fraction of sp³-hybridized carbons (Fsp3) is 0.389. The van der Waals surface area contributed by atoms with Crippen molar-refractivity contribution in [3.05, 3.63) is 36.2 Å². The van der Waals surface area contributed by atoms with Gasteiger partial charge in [-0.15, -0.1) is 0 Å². The number of fused-ring (bicyclic) bond motifs is 1. The van der Waals surface area contributed by atoms with E-state index in [9.17, 15) is 4.79 Å². The van der Waals surface area contributed by atoms with Crippen molar-refractivity contribution in [2.24, 2.45) is 5.73 Å². The predicted octanol–water partition coefficient (Wildman–Crippen LogP) is 2.61. The zero-order chi connectivity index (χ0) is 18.0. The molecule has 25 heavy (non-hydrogen) atoms. The van der Waals surface area contributed by atoms with Gasteiger partial charge >= 0.3 is 6.01 Å². The Hall–Kier alpha value is -2.67. The van der Waals surface area contributed by atoms with Crippen LogP contribution in [-0.4, -0.2) is 28.5 Å².